The molecule has 1 atom stereocenters. The molecule has 0 aliphatic rings. The molecule has 0 bridgehead atoms. The predicted molar refractivity (Wildman–Crippen MR) is 103 cm³/mol. The first-order valence-electron chi connectivity index (χ1n) is 7.20. The summed E-state index contributed by atoms with van der Waals surface area (Å²) in [5.74, 6) is 0.643. The molecule has 7 heteroatoms. The van der Waals surface area contributed by atoms with E-state index >= 15 is 0 Å². The van der Waals surface area contributed by atoms with Gasteiger partial charge in [-0.2, -0.15) is 0 Å². The van der Waals surface area contributed by atoms with Crippen molar-refractivity contribution in [2.24, 2.45) is 5.73 Å². The summed E-state index contributed by atoms with van der Waals surface area (Å²) in [5.41, 5.74) is 8.92. The number of rotatable bonds is 5. The molecule has 0 spiro atoms. The van der Waals surface area contributed by atoms with Crippen LogP contribution in [0.2, 0.25) is 0 Å². The maximum Gasteiger partial charge on any atom is 0.241 e. The summed E-state index contributed by atoms with van der Waals surface area (Å²) in [7, 11) is 3.84. The molecule has 0 saturated heterocycles. The number of hydrogen-bond acceptors (Lipinski definition) is 4. The molecular weight excluding hydrogens is 347 g/mol. The van der Waals surface area contributed by atoms with Crippen molar-refractivity contribution in [3.63, 3.8) is 0 Å². The second-order valence-corrected chi connectivity index (χ2v) is 5.49. The summed E-state index contributed by atoms with van der Waals surface area (Å²) in [6.45, 7) is 2.40. The third kappa shape index (κ3) is 5.67. The number of aryl methyl sites for hydroxylation is 1. The van der Waals surface area contributed by atoms with Crippen molar-refractivity contribution in [2.45, 2.75) is 19.5 Å². The van der Waals surface area contributed by atoms with Crippen molar-refractivity contribution < 1.29 is 4.79 Å². The molecule has 0 aliphatic carbocycles. The van der Waals surface area contributed by atoms with Crippen LogP contribution >= 0.6 is 24.8 Å². The van der Waals surface area contributed by atoms with E-state index in [0.717, 1.165) is 22.5 Å². The zero-order chi connectivity index (χ0) is 16.1. The Kier molecular flexibility index (Phi) is 9.36. The molecule has 1 unspecified atom stereocenters. The molecule has 0 saturated carbocycles. The second-order valence-electron chi connectivity index (χ2n) is 5.49. The summed E-state index contributed by atoms with van der Waals surface area (Å²) < 4.78 is 0. The number of carbonyl (C=O) groups is 1. The smallest absolute Gasteiger partial charge is 0.241 e. The Labute approximate surface area is 155 Å². The fourth-order valence-electron chi connectivity index (χ4n) is 2.19. The van der Waals surface area contributed by atoms with Crippen molar-refractivity contribution in [3.8, 4) is 0 Å². The van der Waals surface area contributed by atoms with Gasteiger partial charge in [0.1, 0.15) is 11.9 Å². The van der Waals surface area contributed by atoms with Gasteiger partial charge in [0.2, 0.25) is 5.91 Å². The van der Waals surface area contributed by atoms with Crippen LogP contribution in [-0.4, -0.2) is 25.0 Å². The zero-order valence-corrected chi connectivity index (χ0v) is 15.7. The SMILES string of the molecule is Cc1ccc(C(N)C(=O)NCc2cccnc2N(C)C)cc1.Cl.Cl. The number of anilines is 1. The van der Waals surface area contributed by atoms with Crippen LogP contribution in [0.15, 0.2) is 42.6 Å². The second kappa shape index (κ2) is 10.1. The van der Waals surface area contributed by atoms with E-state index in [0.29, 0.717) is 6.54 Å². The maximum absolute atomic E-state index is 12.2. The first-order valence-corrected chi connectivity index (χ1v) is 7.20. The fourth-order valence-corrected chi connectivity index (χ4v) is 2.19. The quantitative estimate of drug-likeness (QED) is 0.848. The maximum atomic E-state index is 12.2. The lowest BCUT2D eigenvalue weighted by atomic mass is 10.1. The number of nitrogens with two attached hydrogens (primary N) is 1. The summed E-state index contributed by atoms with van der Waals surface area (Å²) in [4.78, 5) is 18.4. The highest BCUT2D eigenvalue weighted by atomic mass is 35.5. The van der Waals surface area contributed by atoms with Crippen molar-refractivity contribution >= 4 is 36.5 Å². The number of carbonyl (C=O) groups excluding carboxylic acids is 1. The number of hydrogen-bond donors (Lipinski definition) is 2. The Morgan fingerprint density at radius 3 is 2.42 bits per heavy atom. The van der Waals surface area contributed by atoms with Crippen LogP contribution in [0.1, 0.15) is 22.7 Å². The Bertz CT molecular complexity index is 647. The van der Waals surface area contributed by atoms with Gasteiger partial charge in [-0.1, -0.05) is 35.9 Å². The van der Waals surface area contributed by atoms with Gasteiger partial charge in [0.25, 0.3) is 0 Å². The summed E-state index contributed by atoms with van der Waals surface area (Å²) in [6, 6.07) is 10.8. The molecule has 132 valence electrons. The molecule has 1 heterocycles. The number of nitrogens with zero attached hydrogens (tertiary/aromatic N) is 2. The fraction of sp³-hybridized carbons (Fsp3) is 0.294. The standard InChI is InChI=1S/C17H22N4O.2ClH/c1-12-6-8-13(9-7-12)15(18)17(22)20-11-14-5-4-10-19-16(14)21(2)3;;/h4-10,15H,11,18H2,1-3H3,(H,20,22);2*1H. The highest BCUT2D eigenvalue weighted by Crippen LogP contribution is 2.15. The van der Waals surface area contributed by atoms with Crippen LogP contribution in [0.4, 0.5) is 5.82 Å². The van der Waals surface area contributed by atoms with E-state index in [-0.39, 0.29) is 30.7 Å². The van der Waals surface area contributed by atoms with E-state index in [4.69, 9.17) is 5.73 Å². The van der Waals surface area contributed by atoms with Crippen LogP contribution < -0.4 is 16.0 Å². The summed E-state index contributed by atoms with van der Waals surface area (Å²) >= 11 is 0. The monoisotopic (exact) mass is 370 g/mol. The highest BCUT2D eigenvalue weighted by molar-refractivity contribution is 5.85. The number of aromatic nitrogens is 1. The lowest BCUT2D eigenvalue weighted by Crippen LogP contribution is -2.34. The third-order valence-corrected chi connectivity index (χ3v) is 3.46. The Balaban J connectivity index is 0.00000264. The average Bonchev–Trinajstić information content (AvgIpc) is 2.52. The Morgan fingerprint density at radius 2 is 1.83 bits per heavy atom. The minimum Gasteiger partial charge on any atom is -0.362 e. The molecule has 2 aromatic rings. The van der Waals surface area contributed by atoms with Crippen LogP contribution in [0.3, 0.4) is 0 Å². The van der Waals surface area contributed by atoms with Crippen molar-refractivity contribution in [1.29, 1.82) is 0 Å². The Morgan fingerprint density at radius 1 is 1.21 bits per heavy atom. The molecule has 2 rings (SSSR count). The zero-order valence-electron chi connectivity index (χ0n) is 14.0. The van der Waals surface area contributed by atoms with Gasteiger partial charge >= 0.3 is 0 Å². The molecule has 0 aliphatic heterocycles. The van der Waals surface area contributed by atoms with Crippen molar-refractivity contribution in [2.75, 3.05) is 19.0 Å². The number of nitrogens with one attached hydrogen (secondary N) is 1. The normalized spacial score (nSPS) is 10.8. The van der Waals surface area contributed by atoms with Crippen LogP contribution in [0.25, 0.3) is 0 Å². The van der Waals surface area contributed by atoms with Crippen molar-refractivity contribution in [1.82, 2.24) is 10.3 Å². The number of benzene rings is 1. The first-order chi connectivity index (χ1) is 10.5. The summed E-state index contributed by atoms with van der Waals surface area (Å²) in [5, 5.41) is 2.88. The molecule has 3 N–H and O–H groups in total. The lowest BCUT2D eigenvalue weighted by molar-refractivity contribution is -0.122. The molecule has 24 heavy (non-hydrogen) atoms. The Hall–Kier alpha value is -1.82. The molecule has 0 fully saturated rings. The van der Waals surface area contributed by atoms with E-state index in [1.54, 1.807) is 6.20 Å². The molecular formula is C17H24Cl2N4O. The highest BCUT2D eigenvalue weighted by Gasteiger charge is 2.16. The topological polar surface area (TPSA) is 71.2 Å². The van der Waals surface area contributed by atoms with Gasteiger partial charge in [0.05, 0.1) is 0 Å². The molecule has 0 radical (unpaired) electrons. The molecule has 1 amide bonds. The van der Waals surface area contributed by atoms with E-state index < -0.39 is 6.04 Å². The first kappa shape index (κ1) is 22.2. The number of amides is 1. The largest absolute Gasteiger partial charge is 0.362 e. The van der Waals surface area contributed by atoms with Crippen LogP contribution in [-0.2, 0) is 11.3 Å². The van der Waals surface area contributed by atoms with Crippen LogP contribution in [0, 0.1) is 6.92 Å². The molecule has 5 nitrogen and oxygen atoms in total. The van der Waals surface area contributed by atoms with Gasteiger partial charge in [-0.25, -0.2) is 4.98 Å². The van der Waals surface area contributed by atoms with Gasteiger partial charge in [-0.15, -0.1) is 24.8 Å². The van der Waals surface area contributed by atoms with Crippen molar-refractivity contribution in [3.05, 3.63) is 59.3 Å². The van der Waals surface area contributed by atoms with E-state index in [9.17, 15) is 4.79 Å². The predicted octanol–water partition coefficient (Wildman–Crippen LogP) is 2.62. The van der Waals surface area contributed by atoms with Gasteiger partial charge < -0.3 is 16.0 Å². The number of pyridine rings is 1. The minimum atomic E-state index is -0.667. The van der Waals surface area contributed by atoms with Gasteiger partial charge in [0.15, 0.2) is 0 Å². The average molecular weight is 371 g/mol. The number of halogens is 2. The van der Waals surface area contributed by atoms with E-state index in [1.807, 2.05) is 62.3 Å². The van der Waals surface area contributed by atoms with Gasteiger partial charge in [0, 0.05) is 32.4 Å². The third-order valence-electron chi connectivity index (χ3n) is 3.46. The summed E-state index contributed by atoms with van der Waals surface area (Å²) in [6.07, 6.45) is 1.73. The minimum absolute atomic E-state index is 0. The van der Waals surface area contributed by atoms with E-state index in [1.165, 1.54) is 0 Å². The molecule has 1 aromatic carbocycles. The van der Waals surface area contributed by atoms with E-state index in [2.05, 4.69) is 10.3 Å². The molecule has 1 aromatic heterocycles. The van der Waals surface area contributed by atoms with Gasteiger partial charge in [-0.3, -0.25) is 4.79 Å². The van der Waals surface area contributed by atoms with Gasteiger partial charge in [-0.05, 0) is 18.6 Å². The van der Waals surface area contributed by atoms with Crippen LogP contribution in [0.5, 0.6) is 0 Å². The lowest BCUT2D eigenvalue weighted by Gasteiger charge is -2.17.